The minimum atomic E-state index is -1.16. The number of likely N-dealkylation sites (N-methyl/N-ethyl adjacent to an activating group) is 1. The van der Waals surface area contributed by atoms with Crippen LogP contribution in [0.25, 0.3) is 0 Å². The molecule has 3 aliphatic rings. The number of ether oxygens (including phenoxy) is 2. The van der Waals surface area contributed by atoms with Crippen molar-refractivity contribution in [2.75, 3.05) is 33.8 Å². The number of phenolic OH excluding ortho intramolecular Hbond substituents is 1. The van der Waals surface area contributed by atoms with E-state index in [2.05, 4.69) is 4.90 Å². The van der Waals surface area contributed by atoms with E-state index in [0.29, 0.717) is 55.8 Å². The molecule has 1 aliphatic carbocycles. The largest absolute Gasteiger partial charge is 0.504 e. The number of amides is 1. The van der Waals surface area contributed by atoms with Crippen molar-refractivity contribution in [3.05, 3.63) is 35.1 Å². The number of hydrogen-bond acceptors (Lipinski definition) is 7. The van der Waals surface area contributed by atoms with E-state index < -0.39 is 11.0 Å². The van der Waals surface area contributed by atoms with Gasteiger partial charge in [-0.3, -0.25) is 0 Å². The Bertz CT molecular complexity index is 982. The molecular weight excluding hydrogens is 446 g/mol. The third-order valence-corrected chi connectivity index (χ3v) is 8.85. The number of benzene rings is 1. The van der Waals surface area contributed by atoms with Crippen LogP contribution in [0.2, 0.25) is 0 Å². The number of rotatable bonds is 5. The first-order valence-corrected chi connectivity index (χ1v) is 12.9. The second kappa shape index (κ2) is 9.99. The number of hydrogen-bond donors (Lipinski definition) is 3. The number of piperidine rings is 2. The van der Waals surface area contributed by atoms with Gasteiger partial charge in [0.15, 0.2) is 11.5 Å². The van der Waals surface area contributed by atoms with E-state index in [1.165, 1.54) is 7.11 Å². The van der Waals surface area contributed by atoms with E-state index in [-0.39, 0.29) is 23.9 Å². The van der Waals surface area contributed by atoms with E-state index in [0.717, 1.165) is 31.4 Å². The average molecular weight is 488 g/mol. The van der Waals surface area contributed by atoms with E-state index in [1.807, 2.05) is 33.0 Å². The summed E-state index contributed by atoms with van der Waals surface area (Å²) in [6, 6.07) is 3.57. The highest BCUT2D eigenvalue weighted by atomic mass is 16.6. The maximum Gasteiger partial charge on any atom is 0.415 e. The molecule has 2 saturated heterocycles. The van der Waals surface area contributed by atoms with Gasteiger partial charge in [-0.15, -0.1) is 0 Å². The summed E-state index contributed by atoms with van der Waals surface area (Å²) in [5.74, 6) is 0.989. The zero-order valence-electron chi connectivity index (χ0n) is 21.5. The van der Waals surface area contributed by atoms with Crippen LogP contribution in [0.1, 0.15) is 63.5 Å². The Hall–Kier alpha value is -2.29. The fraction of sp³-hybridized carbons (Fsp3) is 0.667. The van der Waals surface area contributed by atoms with Gasteiger partial charge in [-0.05, 0) is 70.3 Å². The first-order chi connectivity index (χ1) is 16.7. The Kier molecular flexibility index (Phi) is 7.36. The van der Waals surface area contributed by atoms with Gasteiger partial charge in [0.1, 0.15) is 5.76 Å². The highest BCUT2D eigenvalue weighted by Crippen LogP contribution is 2.57. The van der Waals surface area contributed by atoms with E-state index in [9.17, 15) is 15.0 Å². The van der Waals surface area contributed by atoms with Crippen LogP contribution in [0.4, 0.5) is 4.79 Å². The van der Waals surface area contributed by atoms with Gasteiger partial charge in [0, 0.05) is 49.0 Å². The molecule has 4 rings (SSSR count). The molecule has 1 aromatic carbocycles. The van der Waals surface area contributed by atoms with Crippen LogP contribution in [-0.2, 0) is 16.6 Å². The van der Waals surface area contributed by atoms with Gasteiger partial charge < -0.3 is 35.2 Å². The predicted octanol–water partition coefficient (Wildman–Crippen LogP) is 3.28. The lowest BCUT2D eigenvalue weighted by molar-refractivity contribution is -0.134. The van der Waals surface area contributed by atoms with Gasteiger partial charge in [-0.25, -0.2) is 4.79 Å². The van der Waals surface area contributed by atoms with E-state index in [4.69, 9.17) is 15.2 Å². The lowest BCUT2D eigenvalue weighted by Crippen LogP contribution is -2.68. The van der Waals surface area contributed by atoms with Crippen LogP contribution in [0.15, 0.2) is 24.0 Å². The Balaban J connectivity index is 1.76. The normalized spacial score (nSPS) is 31.5. The van der Waals surface area contributed by atoms with Gasteiger partial charge >= 0.3 is 6.09 Å². The zero-order chi connectivity index (χ0) is 25.4. The minimum Gasteiger partial charge on any atom is -0.504 e. The molecule has 2 fully saturated rings. The number of aliphatic hydroxyl groups is 1. The summed E-state index contributed by atoms with van der Waals surface area (Å²) in [4.78, 5) is 17.1. The molecule has 4 N–H and O–H groups in total. The number of phenols is 1. The SMILES string of the molecule is CCc1ccc(OC)c(O)c1C12CCN(C)C(C)C1(O)CC=C(OC(=O)N1CCCCC1CN)C2. The Morgan fingerprint density at radius 1 is 1.29 bits per heavy atom. The van der Waals surface area contributed by atoms with Crippen molar-refractivity contribution in [1.29, 1.82) is 0 Å². The number of aryl methyl sites for hydroxylation is 1. The summed E-state index contributed by atoms with van der Waals surface area (Å²) < 4.78 is 11.5. The topological polar surface area (TPSA) is 108 Å². The van der Waals surface area contributed by atoms with Crippen LogP contribution in [0, 0.1) is 0 Å². The molecule has 8 nitrogen and oxygen atoms in total. The summed E-state index contributed by atoms with van der Waals surface area (Å²) in [7, 11) is 3.55. The second-order valence-corrected chi connectivity index (χ2v) is 10.4. The highest BCUT2D eigenvalue weighted by Gasteiger charge is 2.61. The van der Waals surface area contributed by atoms with Crippen LogP contribution < -0.4 is 10.5 Å². The first kappa shape index (κ1) is 25.8. The maximum absolute atomic E-state index is 13.2. The molecule has 0 aromatic heterocycles. The Morgan fingerprint density at radius 3 is 2.74 bits per heavy atom. The molecule has 0 bridgehead atoms. The third kappa shape index (κ3) is 4.19. The summed E-state index contributed by atoms with van der Waals surface area (Å²) in [5, 5.41) is 23.7. The van der Waals surface area contributed by atoms with E-state index in [1.54, 1.807) is 11.0 Å². The molecule has 1 amide bonds. The molecule has 194 valence electrons. The summed E-state index contributed by atoms with van der Waals surface area (Å²) in [6.45, 7) is 5.87. The monoisotopic (exact) mass is 487 g/mol. The van der Waals surface area contributed by atoms with Crippen molar-refractivity contribution >= 4 is 6.09 Å². The summed E-state index contributed by atoms with van der Waals surface area (Å²) in [5.41, 5.74) is 5.61. The summed E-state index contributed by atoms with van der Waals surface area (Å²) in [6.07, 6.45) is 6.32. The molecule has 4 atom stereocenters. The number of methoxy groups -OCH3 is 1. The molecule has 2 heterocycles. The number of nitrogens with zero attached hydrogens (tertiary/aromatic N) is 2. The van der Waals surface area contributed by atoms with Crippen molar-refractivity contribution in [1.82, 2.24) is 9.80 Å². The van der Waals surface area contributed by atoms with Gasteiger partial charge in [-0.1, -0.05) is 13.0 Å². The number of aromatic hydroxyl groups is 1. The molecule has 8 heteroatoms. The minimum absolute atomic E-state index is 0.0104. The van der Waals surface area contributed by atoms with Crippen LogP contribution in [-0.4, -0.2) is 77.6 Å². The van der Waals surface area contributed by atoms with Crippen molar-refractivity contribution in [3.8, 4) is 11.5 Å². The Labute approximate surface area is 208 Å². The molecule has 0 radical (unpaired) electrons. The molecule has 0 spiro atoms. The van der Waals surface area contributed by atoms with Gasteiger partial charge in [0.2, 0.25) is 0 Å². The van der Waals surface area contributed by atoms with Crippen LogP contribution in [0.3, 0.4) is 0 Å². The fourth-order valence-electron chi connectivity index (χ4n) is 6.56. The smallest absolute Gasteiger partial charge is 0.415 e. The fourth-order valence-corrected chi connectivity index (χ4v) is 6.56. The molecule has 35 heavy (non-hydrogen) atoms. The van der Waals surface area contributed by atoms with Crippen molar-refractivity contribution in [3.63, 3.8) is 0 Å². The predicted molar refractivity (Wildman–Crippen MR) is 135 cm³/mol. The number of allylic oxidation sites excluding steroid dienone is 1. The highest BCUT2D eigenvalue weighted by molar-refractivity contribution is 5.70. The lowest BCUT2D eigenvalue weighted by Gasteiger charge is -2.59. The number of nitrogens with two attached hydrogens (primary N) is 1. The van der Waals surface area contributed by atoms with Crippen molar-refractivity contribution < 1.29 is 24.5 Å². The zero-order valence-corrected chi connectivity index (χ0v) is 21.5. The number of carbonyl (C=O) groups is 1. The molecule has 0 saturated carbocycles. The van der Waals surface area contributed by atoms with Crippen molar-refractivity contribution in [2.24, 2.45) is 5.73 Å². The molecule has 1 aromatic rings. The van der Waals surface area contributed by atoms with E-state index >= 15 is 0 Å². The number of carbonyl (C=O) groups excluding carboxylic acids is 1. The number of likely N-dealkylation sites (tertiary alicyclic amines) is 2. The van der Waals surface area contributed by atoms with Gasteiger partial charge in [0.25, 0.3) is 0 Å². The maximum atomic E-state index is 13.2. The van der Waals surface area contributed by atoms with Gasteiger partial charge in [0.05, 0.1) is 12.7 Å². The second-order valence-electron chi connectivity index (χ2n) is 10.4. The summed E-state index contributed by atoms with van der Waals surface area (Å²) >= 11 is 0. The lowest BCUT2D eigenvalue weighted by atomic mass is 9.54. The standard InChI is InChI=1S/C27H41N3O5/c1-5-19-9-10-22(34-4)24(31)23(19)26-13-15-29(3)18(2)27(26,33)12-11-21(16-26)35-25(32)30-14-7-6-8-20(30)17-28/h9-11,18,20,31,33H,5-8,12-17,28H2,1-4H3. The number of fused-ring (bicyclic) bond motifs is 1. The van der Waals surface area contributed by atoms with Crippen LogP contribution in [0.5, 0.6) is 11.5 Å². The molecule has 2 aliphatic heterocycles. The van der Waals surface area contributed by atoms with Crippen molar-refractivity contribution in [2.45, 2.75) is 81.9 Å². The quantitative estimate of drug-likeness (QED) is 0.585. The molecule has 4 unspecified atom stereocenters. The van der Waals surface area contributed by atoms with Crippen LogP contribution >= 0.6 is 0 Å². The Morgan fingerprint density at radius 2 is 2.06 bits per heavy atom. The third-order valence-electron chi connectivity index (χ3n) is 8.85. The first-order valence-electron chi connectivity index (χ1n) is 12.9. The molecular formula is C27H41N3O5. The average Bonchev–Trinajstić information content (AvgIpc) is 2.87. The van der Waals surface area contributed by atoms with Gasteiger partial charge in [-0.2, -0.15) is 0 Å².